The van der Waals surface area contributed by atoms with Crippen molar-refractivity contribution in [1.29, 1.82) is 0 Å². The highest BCUT2D eigenvalue weighted by Crippen LogP contribution is 2.19. The summed E-state index contributed by atoms with van der Waals surface area (Å²) in [4.78, 5) is 0. The predicted molar refractivity (Wildman–Crippen MR) is 77.3 cm³/mol. The smallest absolute Gasteiger partial charge is 0.119 e. The molecular formula is C17H20O2. The SMILES string of the molecule is C[C@@H](O)c1cccc(OCCCc2ccccc2)c1. The summed E-state index contributed by atoms with van der Waals surface area (Å²) in [6.07, 6.45) is 1.56. The van der Waals surface area contributed by atoms with Crippen LogP contribution < -0.4 is 4.74 Å². The van der Waals surface area contributed by atoms with Gasteiger partial charge in [-0.05, 0) is 43.0 Å². The first-order valence-corrected chi connectivity index (χ1v) is 6.70. The molecule has 100 valence electrons. The lowest BCUT2D eigenvalue weighted by molar-refractivity contribution is 0.198. The standard InChI is InChI=1S/C17H20O2/c1-14(18)16-10-5-11-17(13-16)19-12-6-9-15-7-3-2-4-8-15/h2-5,7-8,10-11,13-14,18H,6,9,12H2,1H3/t14-/m1/s1. The summed E-state index contributed by atoms with van der Waals surface area (Å²) in [5.41, 5.74) is 2.23. The second kappa shape index (κ2) is 6.95. The predicted octanol–water partition coefficient (Wildman–Crippen LogP) is 3.75. The Labute approximate surface area is 114 Å². The van der Waals surface area contributed by atoms with E-state index in [-0.39, 0.29) is 0 Å². The first-order valence-electron chi connectivity index (χ1n) is 6.70. The topological polar surface area (TPSA) is 29.5 Å². The minimum absolute atomic E-state index is 0.451. The van der Waals surface area contributed by atoms with E-state index in [0.717, 1.165) is 24.2 Å². The molecule has 0 saturated carbocycles. The van der Waals surface area contributed by atoms with Crippen molar-refractivity contribution in [1.82, 2.24) is 0 Å². The Kier molecular flexibility index (Phi) is 4.99. The fourth-order valence-corrected chi connectivity index (χ4v) is 1.98. The maximum absolute atomic E-state index is 9.51. The van der Waals surface area contributed by atoms with Crippen molar-refractivity contribution in [2.75, 3.05) is 6.61 Å². The van der Waals surface area contributed by atoms with Crippen molar-refractivity contribution in [2.24, 2.45) is 0 Å². The lowest BCUT2D eigenvalue weighted by Crippen LogP contribution is -2.00. The Bertz CT molecular complexity index is 492. The van der Waals surface area contributed by atoms with E-state index in [1.807, 2.05) is 30.3 Å². The van der Waals surface area contributed by atoms with Gasteiger partial charge in [0.15, 0.2) is 0 Å². The lowest BCUT2D eigenvalue weighted by Gasteiger charge is -2.09. The third-order valence-corrected chi connectivity index (χ3v) is 3.06. The first kappa shape index (κ1) is 13.6. The van der Waals surface area contributed by atoms with Gasteiger partial charge in [-0.15, -0.1) is 0 Å². The first-order chi connectivity index (χ1) is 9.25. The average Bonchev–Trinajstić information content (AvgIpc) is 2.45. The highest BCUT2D eigenvalue weighted by Gasteiger charge is 2.02. The van der Waals surface area contributed by atoms with Crippen molar-refractivity contribution in [3.63, 3.8) is 0 Å². The van der Waals surface area contributed by atoms with E-state index < -0.39 is 6.10 Å². The van der Waals surface area contributed by atoms with Crippen molar-refractivity contribution in [2.45, 2.75) is 25.9 Å². The van der Waals surface area contributed by atoms with Crippen LogP contribution in [0.15, 0.2) is 54.6 Å². The lowest BCUT2D eigenvalue weighted by atomic mass is 10.1. The summed E-state index contributed by atoms with van der Waals surface area (Å²) in [6, 6.07) is 18.0. The van der Waals surface area contributed by atoms with Gasteiger partial charge in [0.2, 0.25) is 0 Å². The van der Waals surface area contributed by atoms with Gasteiger partial charge in [-0.1, -0.05) is 42.5 Å². The molecule has 0 spiro atoms. The van der Waals surface area contributed by atoms with Crippen LogP contribution in [0, 0.1) is 0 Å². The van der Waals surface area contributed by atoms with Crippen LogP contribution in [-0.4, -0.2) is 11.7 Å². The van der Waals surface area contributed by atoms with Gasteiger partial charge in [0.25, 0.3) is 0 Å². The molecule has 2 heteroatoms. The highest BCUT2D eigenvalue weighted by atomic mass is 16.5. The maximum Gasteiger partial charge on any atom is 0.119 e. The van der Waals surface area contributed by atoms with E-state index >= 15 is 0 Å². The number of rotatable bonds is 6. The molecule has 0 unspecified atom stereocenters. The van der Waals surface area contributed by atoms with E-state index in [4.69, 9.17) is 4.74 Å². The van der Waals surface area contributed by atoms with Gasteiger partial charge in [-0.25, -0.2) is 0 Å². The highest BCUT2D eigenvalue weighted by molar-refractivity contribution is 5.29. The number of benzene rings is 2. The molecule has 19 heavy (non-hydrogen) atoms. The molecule has 2 aromatic carbocycles. The summed E-state index contributed by atoms with van der Waals surface area (Å²) in [6.45, 7) is 2.45. The minimum atomic E-state index is -0.451. The summed E-state index contributed by atoms with van der Waals surface area (Å²) >= 11 is 0. The Morgan fingerprint density at radius 3 is 2.58 bits per heavy atom. The normalized spacial score (nSPS) is 12.1. The zero-order valence-corrected chi connectivity index (χ0v) is 11.3. The van der Waals surface area contributed by atoms with Crippen LogP contribution in [0.3, 0.4) is 0 Å². The zero-order chi connectivity index (χ0) is 13.5. The molecule has 0 radical (unpaired) electrons. The Hall–Kier alpha value is -1.80. The summed E-state index contributed by atoms with van der Waals surface area (Å²) in [7, 11) is 0. The van der Waals surface area contributed by atoms with Gasteiger partial charge < -0.3 is 9.84 Å². The van der Waals surface area contributed by atoms with E-state index in [2.05, 4.69) is 24.3 Å². The average molecular weight is 256 g/mol. The molecular weight excluding hydrogens is 236 g/mol. The molecule has 0 amide bonds. The molecule has 0 aliphatic heterocycles. The fraction of sp³-hybridized carbons (Fsp3) is 0.294. The van der Waals surface area contributed by atoms with Gasteiger partial charge >= 0.3 is 0 Å². The van der Waals surface area contributed by atoms with Crippen molar-refractivity contribution < 1.29 is 9.84 Å². The van der Waals surface area contributed by atoms with E-state index in [1.54, 1.807) is 6.92 Å². The van der Waals surface area contributed by atoms with Gasteiger partial charge in [0, 0.05) is 0 Å². The Morgan fingerprint density at radius 2 is 1.84 bits per heavy atom. The number of hydrogen-bond donors (Lipinski definition) is 1. The largest absolute Gasteiger partial charge is 0.494 e. The van der Waals surface area contributed by atoms with Gasteiger partial charge in [0.1, 0.15) is 5.75 Å². The molecule has 1 atom stereocenters. The monoisotopic (exact) mass is 256 g/mol. The van der Waals surface area contributed by atoms with Crippen molar-refractivity contribution in [3.05, 3.63) is 65.7 Å². The molecule has 2 aromatic rings. The number of aryl methyl sites for hydroxylation is 1. The van der Waals surface area contributed by atoms with Crippen LogP contribution in [0.5, 0.6) is 5.75 Å². The van der Waals surface area contributed by atoms with Gasteiger partial charge in [-0.3, -0.25) is 0 Å². The van der Waals surface area contributed by atoms with E-state index in [0.29, 0.717) is 6.61 Å². The summed E-state index contributed by atoms with van der Waals surface area (Å²) in [5, 5.41) is 9.51. The fourth-order valence-electron chi connectivity index (χ4n) is 1.98. The molecule has 0 saturated heterocycles. The molecule has 0 aliphatic rings. The Balaban J connectivity index is 1.78. The number of ether oxygens (including phenoxy) is 1. The van der Waals surface area contributed by atoms with E-state index in [1.165, 1.54) is 5.56 Å². The quantitative estimate of drug-likeness (QED) is 0.798. The third-order valence-electron chi connectivity index (χ3n) is 3.06. The van der Waals surface area contributed by atoms with E-state index in [9.17, 15) is 5.11 Å². The maximum atomic E-state index is 9.51. The molecule has 2 nitrogen and oxygen atoms in total. The molecule has 0 heterocycles. The molecule has 0 aliphatic carbocycles. The summed E-state index contributed by atoms with van der Waals surface area (Å²) < 4.78 is 5.71. The van der Waals surface area contributed by atoms with Crippen LogP contribution in [0.25, 0.3) is 0 Å². The molecule has 2 rings (SSSR count). The molecule has 0 bridgehead atoms. The van der Waals surface area contributed by atoms with Crippen LogP contribution >= 0.6 is 0 Å². The van der Waals surface area contributed by atoms with Gasteiger partial charge in [-0.2, -0.15) is 0 Å². The Morgan fingerprint density at radius 1 is 1.05 bits per heavy atom. The van der Waals surface area contributed by atoms with Crippen LogP contribution in [-0.2, 0) is 6.42 Å². The second-order valence-electron chi connectivity index (χ2n) is 4.69. The third kappa shape index (κ3) is 4.42. The number of aliphatic hydroxyl groups excluding tert-OH is 1. The minimum Gasteiger partial charge on any atom is -0.494 e. The zero-order valence-electron chi connectivity index (χ0n) is 11.3. The second-order valence-corrected chi connectivity index (χ2v) is 4.69. The number of hydrogen-bond acceptors (Lipinski definition) is 2. The summed E-state index contributed by atoms with van der Waals surface area (Å²) in [5.74, 6) is 0.825. The van der Waals surface area contributed by atoms with Crippen molar-refractivity contribution >= 4 is 0 Å². The van der Waals surface area contributed by atoms with Gasteiger partial charge in [0.05, 0.1) is 12.7 Å². The van der Waals surface area contributed by atoms with Crippen LogP contribution in [0.4, 0.5) is 0 Å². The van der Waals surface area contributed by atoms with Crippen molar-refractivity contribution in [3.8, 4) is 5.75 Å². The van der Waals surface area contributed by atoms with Crippen LogP contribution in [0.1, 0.15) is 30.6 Å². The molecule has 0 fully saturated rings. The molecule has 0 aromatic heterocycles. The molecule has 1 N–H and O–H groups in total. The number of aliphatic hydroxyl groups is 1. The van der Waals surface area contributed by atoms with Crippen LogP contribution in [0.2, 0.25) is 0 Å².